The minimum Gasteiger partial charge on any atom is -0.369 e. The lowest BCUT2D eigenvalue weighted by Crippen LogP contribution is -2.28. The Labute approximate surface area is 148 Å². The van der Waals surface area contributed by atoms with Gasteiger partial charge in [-0.1, -0.05) is 25.7 Å². The van der Waals surface area contributed by atoms with E-state index in [0.717, 1.165) is 40.2 Å². The van der Waals surface area contributed by atoms with Gasteiger partial charge >= 0.3 is 0 Å². The molecule has 3 rings (SSSR count). The van der Waals surface area contributed by atoms with E-state index in [1.165, 1.54) is 44.9 Å². The smallest absolute Gasteiger partial charge is 0.163 e. The first kappa shape index (κ1) is 16.9. The average molecular weight is 379 g/mol. The lowest BCUT2D eigenvalue weighted by atomic mass is 9.80. The molecule has 0 atom stereocenters. The minimum atomic E-state index is 0.118. The lowest BCUT2D eigenvalue weighted by molar-refractivity contribution is 0.101. The molecule has 2 aliphatic rings. The van der Waals surface area contributed by atoms with Crippen molar-refractivity contribution in [2.45, 2.75) is 65.7 Å². The zero-order chi connectivity index (χ0) is 16.6. The van der Waals surface area contributed by atoms with Gasteiger partial charge in [-0.25, -0.2) is 0 Å². The largest absolute Gasteiger partial charge is 0.369 e. The van der Waals surface area contributed by atoms with Crippen LogP contribution in [0.5, 0.6) is 0 Å². The van der Waals surface area contributed by atoms with Gasteiger partial charge in [0, 0.05) is 13.1 Å². The van der Waals surface area contributed by atoms with E-state index in [1.807, 2.05) is 13.8 Å². The standard InChI is InChI=1S/C19H27BrN2O/c1-13-16(15(3)23)18(17(20)14(2)21-13)22-11-10-19(12-22)8-6-4-5-7-9-19/h4-12H2,1-3H3. The number of Topliss-reactive ketones (excluding diaryl/α,β-unsaturated/α-hetero) is 1. The van der Waals surface area contributed by atoms with Gasteiger partial charge in [0.2, 0.25) is 0 Å². The zero-order valence-corrected chi connectivity index (χ0v) is 16.1. The zero-order valence-electron chi connectivity index (χ0n) is 14.5. The Balaban J connectivity index is 1.98. The number of carbonyl (C=O) groups is 1. The van der Waals surface area contributed by atoms with Crippen LogP contribution in [0, 0.1) is 19.3 Å². The number of pyridine rings is 1. The van der Waals surface area contributed by atoms with Gasteiger partial charge < -0.3 is 4.90 Å². The summed E-state index contributed by atoms with van der Waals surface area (Å²) in [4.78, 5) is 19.2. The summed E-state index contributed by atoms with van der Waals surface area (Å²) in [5, 5.41) is 0. The van der Waals surface area contributed by atoms with Gasteiger partial charge in [0.15, 0.2) is 5.78 Å². The van der Waals surface area contributed by atoms with E-state index in [0.29, 0.717) is 5.41 Å². The summed E-state index contributed by atoms with van der Waals surface area (Å²) in [5.41, 5.74) is 4.19. The first-order chi connectivity index (χ1) is 10.9. The number of hydrogen-bond donors (Lipinski definition) is 0. The van der Waals surface area contributed by atoms with Crippen LogP contribution < -0.4 is 4.90 Å². The van der Waals surface area contributed by atoms with E-state index >= 15 is 0 Å². The Morgan fingerprint density at radius 1 is 1.09 bits per heavy atom. The highest BCUT2D eigenvalue weighted by atomic mass is 79.9. The molecule has 1 spiro atoms. The molecular formula is C19H27BrN2O. The van der Waals surface area contributed by atoms with Crippen molar-refractivity contribution >= 4 is 27.4 Å². The van der Waals surface area contributed by atoms with Crippen LogP contribution in [-0.2, 0) is 0 Å². The van der Waals surface area contributed by atoms with Crippen molar-refractivity contribution in [2.24, 2.45) is 5.41 Å². The van der Waals surface area contributed by atoms with Crippen molar-refractivity contribution in [2.75, 3.05) is 18.0 Å². The fourth-order valence-corrected chi connectivity index (χ4v) is 5.08. The number of hydrogen-bond acceptors (Lipinski definition) is 3. The van der Waals surface area contributed by atoms with Crippen LogP contribution in [0.2, 0.25) is 0 Å². The van der Waals surface area contributed by atoms with E-state index < -0.39 is 0 Å². The number of anilines is 1. The number of aryl methyl sites for hydroxylation is 2. The van der Waals surface area contributed by atoms with Crippen LogP contribution >= 0.6 is 15.9 Å². The number of ketones is 1. The highest BCUT2D eigenvalue weighted by Crippen LogP contribution is 2.46. The number of rotatable bonds is 2. The van der Waals surface area contributed by atoms with Crippen molar-refractivity contribution < 1.29 is 4.79 Å². The van der Waals surface area contributed by atoms with E-state index in [2.05, 4.69) is 25.8 Å². The molecule has 1 saturated heterocycles. The predicted octanol–water partition coefficient (Wildman–Crippen LogP) is 5.21. The van der Waals surface area contributed by atoms with Crippen LogP contribution in [0.15, 0.2) is 4.47 Å². The second-order valence-corrected chi connectivity index (χ2v) is 8.26. The Bertz CT molecular complexity index is 618. The molecule has 126 valence electrons. The number of nitrogens with zero attached hydrogens (tertiary/aromatic N) is 2. The molecule has 0 radical (unpaired) electrons. The Kier molecular flexibility index (Phi) is 4.82. The molecule has 0 N–H and O–H groups in total. The number of halogens is 1. The molecule has 3 nitrogen and oxygen atoms in total. The Morgan fingerprint density at radius 2 is 1.74 bits per heavy atom. The summed E-state index contributed by atoms with van der Waals surface area (Å²) < 4.78 is 0.999. The molecule has 0 aromatic carbocycles. The van der Waals surface area contributed by atoms with Crippen LogP contribution in [0.25, 0.3) is 0 Å². The molecule has 4 heteroatoms. The Morgan fingerprint density at radius 3 is 2.35 bits per heavy atom. The van der Waals surface area contributed by atoms with Gasteiger partial charge in [-0.3, -0.25) is 9.78 Å². The highest BCUT2D eigenvalue weighted by molar-refractivity contribution is 9.10. The maximum atomic E-state index is 12.2. The molecule has 0 unspecified atom stereocenters. The molecule has 0 bridgehead atoms. The maximum absolute atomic E-state index is 12.2. The summed E-state index contributed by atoms with van der Waals surface area (Å²) in [6, 6.07) is 0. The molecule has 1 aromatic heterocycles. The summed E-state index contributed by atoms with van der Waals surface area (Å²) in [6.45, 7) is 7.78. The third kappa shape index (κ3) is 3.19. The monoisotopic (exact) mass is 378 g/mol. The minimum absolute atomic E-state index is 0.118. The normalized spacial score (nSPS) is 20.8. The van der Waals surface area contributed by atoms with Crippen LogP contribution in [0.3, 0.4) is 0 Å². The van der Waals surface area contributed by atoms with E-state index in [4.69, 9.17) is 0 Å². The first-order valence-corrected chi connectivity index (χ1v) is 9.65. The maximum Gasteiger partial charge on any atom is 0.163 e. The lowest BCUT2D eigenvalue weighted by Gasteiger charge is -2.30. The van der Waals surface area contributed by atoms with Crippen molar-refractivity contribution in [3.8, 4) is 0 Å². The van der Waals surface area contributed by atoms with Gasteiger partial charge in [0.1, 0.15) is 0 Å². The van der Waals surface area contributed by atoms with Gasteiger partial charge in [0.05, 0.1) is 27.1 Å². The predicted molar refractivity (Wildman–Crippen MR) is 98.4 cm³/mol. The molecule has 23 heavy (non-hydrogen) atoms. The van der Waals surface area contributed by atoms with Crippen molar-refractivity contribution in [1.29, 1.82) is 0 Å². The van der Waals surface area contributed by atoms with Gasteiger partial charge in [-0.15, -0.1) is 0 Å². The second kappa shape index (κ2) is 6.54. The molecule has 2 heterocycles. The quantitative estimate of drug-likeness (QED) is 0.661. The fourth-order valence-electron chi connectivity index (χ4n) is 4.54. The first-order valence-electron chi connectivity index (χ1n) is 8.86. The third-order valence-corrected chi connectivity index (χ3v) is 6.68. The summed E-state index contributed by atoms with van der Waals surface area (Å²) in [6.07, 6.45) is 9.46. The van der Waals surface area contributed by atoms with Gasteiger partial charge in [0.25, 0.3) is 0 Å². The van der Waals surface area contributed by atoms with Crippen LogP contribution in [0.4, 0.5) is 5.69 Å². The van der Waals surface area contributed by atoms with Crippen molar-refractivity contribution in [3.05, 3.63) is 21.4 Å². The summed E-state index contributed by atoms with van der Waals surface area (Å²) in [5.74, 6) is 0.118. The van der Waals surface area contributed by atoms with Gasteiger partial charge in [-0.2, -0.15) is 0 Å². The topological polar surface area (TPSA) is 33.2 Å². The molecule has 1 saturated carbocycles. The van der Waals surface area contributed by atoms with E-state index in [1.54, 1.807) is 6.92 Å². The number of aromatic nitrogens is 1. The van der Waals surface area contributed by atoms with Crippen molar-refractivity contribution in [1.82, 2.24) is 4.98 Å². The molecule has 1 aliphatic heterocycles. The second-order valence-electron chi connectivity index (χ2n) is 7.46. The molecular weight excluding hydrogens is 352 g/mol. The van der Waals surface area contributed by atoms with Crippen LogP contribution in [0.1, 0.15) is 73.6 Å². The van der Waals surface area contributed by atoms with E-state index in [-0.39, 0.29) is 5.78 Å². The third-order valence-electron chi connectivity index (χ3n) is 5.73. The van der Waals surface area contributed by atoms with Crippen molar-refractivity contribution in [3.63, 3.8) is 0 Å². The van der Waals surface area contributed by atoms with E-state index in [9.17, 15) is 4.79 Å². The summed E-state index contributed by atoms with van der Waals surface area (Å²) in [7, 11) is 0. The fraction of sp³-hybridized carbons (Fsp3) is 0.684. The highest BCUT2D eigenvalue weighted by Gasteiger charge is 2.39. The molecule has 0 amide bonds. The Hall–Kier alpha value is -0.900. The number of carbonyl (C=O) groups excluding carboxylic acids is 1. The molecule has 1 aliphatic carbocycles. The summed E-state index contributed by atoms with van der Waals surface area (Å²) >= 11 is 3.72. The van der Waals surface area contributed by atoms with Crippen LogP contribution in [-0.4, -0.2) is 23.9 Å². The van der Waals surface area contributed by atoms with Gasteiger partial charge in [-0.05, 0) is 61.4 Å². The average Bonchev–Trinajstić information content (AvgIpc) is 2.75. The SMILES string of the molecule is CC(=O)c1c(C)nc(C)c(Br)c1N1CCC2(CCCCCC2)C1. The molecule has 1 aromatic rings. The molecule has 2 fully saturated rings.